The van der Waals surface area contributed by atoms with Gasteiger partial charge in [0.05, 0.1) is 12.2 Å². The van der Waals surface area contributed by atoms with Crippen molar-refractivity contribution in [2.45, 2.75) is 25.0 Å². The van der Waals surface area contributed by atoms with Crippen molar-refractivity contribution in [2.24, 2.45) is 0 Å². The van der Waals surface area contributed by atoms with Crippen molar-refractivity contribution in [1.29, 1.82) is 0 Å². The number of aliphatic hydroxyl groups excluding tert-OH is 2. The van der Waals surface area contributed by atoms with Crippen LogP contribution in [0.5, 0.6) is 0 Å². The first-order chi connectivity index (χ1) is 5.60. The van der Waals surface area contributed by atoms with Crippen LogP contribution >= 0.6 is 23.2 Å². The van der Waals surface area contributed by atoms with E-state index in [1.807, 2.05) is 0 Å². The normalized spacial score (nSPS) is 13.4. The Morgan fingerprint density at radius 3 is 2.00 bits per heavy atom. The molecular formula is C8H14Ac2Cl2O2. The van der Waals surface area contributed by atoms with Crippen LogP contribution in [0.25, 0.3) is 0 Å². The minimum absolute atomic E-state index is 0. The molecular weight excluding hydrogens is 653 g/mol. The molecule has 6 heteroatoms. The van der Waals surface area contributed by atoms with Crippen LogP contribution in [0.4, 0.5) is 0 Å². The maximum Gasteiger partial charge on any atom is 0.0700 e. The Kier molecular flexibility index (Phi) is 22.6. The van der Waals surface area contributed by atoms with Gasteiger partial charge in [-0.1, -0.05) is 12.2 Å². The predicted octanol–water partition coefficient (Wildman–Crippen LogP) is 1.52. The van der Waals surface area contributed by atoms with Gasteiger partial charge in [0.25, 0.3) is 0 Å². The summed E-state index contributed by atoms with van der Waals surface area (Å²) < 4.78 is 0. The number of hydrogen-bond donors (Lipinski definition) is 2. The topological polar surface area (TPSA) is 40.5 Å². The van der Waals surface area contributed by atoms with Crippen molar-refractivity contribution >= 4 is 23.2 Å². The third-order valence-electron chi connectivity index (χ3n) is 1.44. The van der Waals surface area contributed by atoms with Crippen LogP contribution in [0.2, 0.25) is 0 Å². The van der Waals surface area contributed by atoms with Crippen LogP contribution < -0.4 is 0 Å². The molecule has 2 N–H and O–H groups in total. The van der Waals surface area contributed by atoms with E-state index in [4.69, 9.17) is 28.3 Å². The van der Waals surface area contributed by atoms with E-state index in [1.54, 1.807) is 0 Å². The summed E-state index contributed by atoms with van der Waals surface area (Å²) in [6.07, 6.45) is -0.536. The fraction of sp³-hybridized carbons (Fsp3) is 0.750. The Morgan fingerprint density at radius 1 is 1.14 bits per heavy atom. The van der Waals surface area contributed by atoms with E-state index in [-0.39, 0.29) is 100 Å². The Labute approximate surface area is 167 Å². The molecule has 0 aliphatic heterocycles. The van der Waals surface area contributed by atoms with Gasteiger partial charge >= 0.3 is 0 Å². The zero-order chi connectivity index (χ0) is 9.56. The summed E-state index contributed by atoms with van der Waals surface area (Å²) in [4.78, 5) is 0. The van der Waals surface area contributed by atoms with Gasteiger partial charge in [0.15, 0.2) is 0 Å². The maximum atomic E-state index is 9.31. The molecule has 0 spiro atoms. The van der Waals surface area contributed by atoms with Crippen LogP contribution in [-0.4, -0.2) is 34.2 Å². The van der Waals surface area contributed by atoms with Gasteiger partial charge in [-0.05, 0) is 6.42 Å². The molecule has 0 aromatic carbocycles. The predicted molar refractivity (Wildman–Crippen MR) is 51.8 cm³/mol. The minimum Gasteiger partial charge on any atom is -0.393 e. The number of rotatable bonds is 6. The van der Waals surface area contributed by atoms with E-state index < -0.39 is 12.2 Å². The molecule has 0 fully saturated rings. The van der Waals surface area contributed by atoms with E-state index in [2.05, 4.69) is 6.58 Å². The molecule has 0 bridgehead atoms. The van der Waals surface area contributed by atoms with Gasteiger partial charge in [-0.25, -0.2) is 0 Å². The molecule has 2 atom stereocenters. The molecule has 0 amide bonds. The summed E-state index contributed by atoms with van der Waals surface area (Å²) in [6, 6.07) is 0. The summed E-state index contributed by atoms with van der Waals surface area (Å²) in [5, 5.41) is 18.4. The quantitative estimate of drug-likeness (QED) is 0.334. The monoisotopic (exact) mass is 666 g/mol. The summed E-state index contributed by atoms with van der Waals surface area (Å²) in [6.45, 7) is 3.64. The summed E-state index contributed by atoms with van der Waals surface area (Å²) in [7, 11) is 0. The fourth-order valence-electron chi connectivity index (χ4n) is 0.848. The Morgan fingerprint density at radius 2 is 1.64 bits per heavy atom. The Balaban J connectivity index is -0.000000605. The van der Waals surface area contributed by atoms with Gasteiger partial charge in [0, 0.05) is 106 Å². The maximum absolute atomic E-state index is 9.31. The third kappa shape index (κ3) is 13.2. The second kappa shape index (κ2) is 14.2. The Hall–Kier alpha value is 3.12. The van der Waals surface area contributed by atoms with Crippen molar-refractivity contribution in [3.05, 3.63) is 12.2 Å². The van der Waals surface area contributed by atoms with Crippen molar-refractivity contribution in [2.75, 3.05) is 11.8 Å². The molecule has 0 rings (SSSR count). The zero-order valence-corrected chi connectivity index (χ0v) is 19.0. The second-order valence-corrected chi connectivity index (χ2v) is 3.36. The molecule has 2 unspecified atom stereocenters. The molecule has 78 valence electrons. The third-order valence-corrected chi connectivity index (χ3v) is 2.17. The Bertz CT molecular complexity index is 147. The average molecular weight is 667 g/mol. The molecule has 2 radical (unpaired) electrons. The van der Waals surface area contributed by atoms with Gasteiger partial charge in [-0.15, -0.1) is 23.2 Å². The van der Waals surface area contributed by atoms with E-state index in [1.165, 1.54) is 0 Å². The van der Waals surface area contributed by atoms with E-state index in [0.29, 0.717) is 12.3 Å². The molecule has 0 aliphatic carbocycles. The second-order valence-electron chi connectivity index (χ2n) is 2.79. The van der Waals surface area contributed by atoms with Gasteiger partial charge in [-0.3, -0.25) is 0 Å². The van der Waals surface area contributed by atoms with Crippen molar-refractivity contribution < 1.29 is 98.3 Å². The van der Waals surface area contributed by atoms with Crippen LogP contribution in [0.15, 0.2) is 12.2 Å². The van der Waals surface area contributed by atoms with Gasteiger partial charge in [0.2, 0.25) is 0 Å². The molecule has 0 aromatic rings. The summed E-state index contributed by atoms with van der Waals surface area (Å²) in [5.41, 5.74) is 0.769. The number of alkyl halides is 2. The number of hydrogen-bond acceptors (Lipinski definition) is 2. The van der Waals surface area contributed by atoms with Crippen molar-refractivity contribution in [3.63, 3.8) is 0 Å². The van der Waals surface area contributed by atoms with Crippen LogP contribution in [0.3, 0.4) is 0 Å². The molecule has 0 aliphatic rings. The van der Waals surface area contributed by atoms with Gasteiger partial charge < -0.3 is 10.2 Å². The smallest absolute Gasteiger partial charge is 0.0700 e. The first kappa shape index (κ1) is 22.3. The SMILES string of the molecule is C=C(CCl)CC(O)CC(O)CCl.[Ac].[Ac]. The fourth-order valence-corrected chi connectivity index (χ4v) is 1.08. The van der Waals surface area contributed by atoms with E-state index in [9.17, 15) is 5.11 Å². The zero-order valence-electron chi connectivity index (χ0n) is 8.00. The van der Waals surface area contributed by atoms with Crippen LogP contribution in [0.1, 0.15) is 12.8 Å². The van der Waals surface area contributed by atoms with E-state index >= 15 is 0 Å². The van der Waals surface area contributed by atoms with E-state index in [0.717, 1.165) is 5.57 Å². The molecule has 0 saturated heterocycles. The van der Waals surface area contributed by atoms with Crippen LogP contribution in [-0.2, 0) is 0 Å². The van der Waals surface area contributed by atoms with Crippen LogP contribution in [0, 0.1) is 88.1 Å². The van der Waals surface area contributed by atoms with Crippen molar-refractivity contribution in [3.8, 4) is 0 Å². The standard InChI is InChI=1S/C8H14Cl2O2.2Ac/c1-6(4-9)2-7(11)3-8(12)5-10;;/h7-8,11-12H,1-5H2;;. The molecule has 2 nitrogen and oxygen atoms in total. The number of aliphatic hydroxyl groups is 2. The first-order valence-corrected chi connectivity index (χ1v) is 4.81. The van der Waals surface area contributed by atoms with Gasteiger partial charge in [0.1, 0.15) is 0 Å². The molecule has 14 heavy (non-hydrogen) atoms. The summed E-state index contributed by atoms with van der Waals surface area (Å²) >= 11 is 10.8. The molecule has 0 aromatic heterocycles. The van der Waals surface area contributed by atoms with Gasteiger partial charge in [-0.2, -0.15) is 0 Å². The molecule has 0 heterocycles. The summed E-state index contributed by atoms with van der Waals surface area (Å²) in [5.74, 6) is 0.485. The molecule has 0 saturated carbocycles. The largest absolute Gasteiger partial charge is 0.393 e. The minimum atomic E-state index is -0.648. The average Bonchev–Trinajstić information content (AvgIpc) is 2.03. The first-order valence-electron chi connectivity index (χ1n) is 3.74. The van der Waals surface area contributed by atoms with Crippen molar-refractivity contribution in [1.82, 2.24) is 0 Å². The number of halogens is 2.